The lowest BCUT2D eigenvalue weighted by Crippen LogP contribution is -2.31. The summed E-state index contributed by atoms with van der Waals surface area (Å²) < 4.78 is 0. The molecule has 0 fully saturated rings. The Hall–Kier alpha value is -1.35. The first-order valence-corrected chi connectivity index (χ1v) is 6.21. The van der Waals surface area contributed by atoms with Crippen molar-refractivity contribution in [2.75, 3.05) is 13.1 Å². The van der Waals surface area contributed by atoms with Crippen molar-refractivity contribution in [3.8, 4) is 0 Å². The number of nitrogens with zero attached hydrogens (tertiary/aromatic N) is 1. The summed E-state index contributed by atoms with van der Waals surface area (Å²) >= 11 is 0. The van der Waals surface area contributed by atoms with E-state index in [0.29, 0.717) is 25.1 Å². The Morgan fingerprint density at radius 1 is 1.24 bits per heavy atom. The molecule has 0 aliphatic rings. The van der Waals surface area contributed by atoms with Crippen LogP contribution >= 0.6 is 0 Å². The zero-order valence-electron chi connectivity index (χ0n) is 10.8. The highest BCUT2D eigenvalue weighted by Crippen LogP contribution is 2.21. The molecule has 1 aromatic carbocycles. The molecule has 3 nitrogen and oxygen atoms in total. The van der Waals surface area contributed by atoms with Crippen LogP contribution in [0.2, 0.25) is 0 Å². The van der Waals surface area contributed by atoms with Crippen LogP contribution in [0.15, 0.2) is 24.3 Å². The molecule has 1 rings (SSSR count). The summed E-state index contributed by atoms with van der Waals surface area (Å²) in [6.07, 6.45) is 0.0495. The van der Waals surface area contributed by atoms with Crippen LogP contribution in [-0.2, 0) is 0 Å². The summed E-state index contributed by atoms with van der Waals surface area (Å²) in [5.74, 6) is -0.00176. The van der Waals surface area contributed by atoms with E-state index in [2.05, 4.69) is 0 Å². The van der Waals surface area contributed by atoms with E-state index in [1.54, 1.807) is 11.0 Å². The third-order valence-electron chi connectivity index (χ3n) is 2.99. The highest BCUT2D eigenvalue weighted by atomic mass is 16.3. The molecule has 1 N–H and O–H groups in total. The molecular weight excluding hydrogens is 214 g/mol. The first-order chi connectivity index (χ1) is 8.15. The molecule has 17 heavy (non-hydrogen) atoms. The van der Waals surface area contributed by atoms with Crippen LogP contribution in [0.25, 0.3) is 0 Å². The molecule has 1 aromatic rings. The van der Waals surface area contributed by atoms with Gasteiger partial charge in [-0.25, -0.2) is 0 Å². The molecule has 0 saturated carbocycles. The molecule has 0 bridgehead atoms. The highest BCUT2D eigenvalue weighted by molar-refractivity contribution is 5.95. The molecule has 0 aliphatic heterocycles. The van der Waals surface area contributed by atoms with Crippen LogP contribution in [0.5, 0.6) is 0 Å². The van der Waals surface area contributed by atoms with Crippen LogP contribution in [-0.4, -0.2) is 29.0 Å². The zero-order chi connectivity index (χ0) is 12.8. The van der Waals surface area contributed by atoms with E-state index in [-0.39, 0.29) is 5.91 Å². The molecule has 0 heterocycles. The Kier molecular flexibility index (Phi) is 5.16. The highest BCUT2D eigenvalue weighted by Gasteiger charge is 2.18. The minimum atomic E-state index is -0.564. The maximum absolute atomic E-state index is 12.3. The topological polar surface area (TPSA) is 40.5 Å². The Labute approximate surface area is 103 Å². The average molecular weight is 235 g/mol. The monoisotopic (exact) mass is 235 g/mol. The van der Waals surface area contributed by atoms with E-state index in [0.717, 1.165) is 5.56 Å². The van der Waals surface area contributed by atoms with Gasteiger partial charge in [0.1, 0.15) is 0 Å². The number of amides is 1. The van der Waals surface area contributed by atoms with E-state index < -0.39 is 6.10 Å². The zero-order valence-corrected chi connectivity index (χ0v) is 10.8. The number of rotatable bonds is 5. The van der Waals surface area contributed by atoms with Crippen LogP contribution in [0, 0.1) is 0 Å². The first kappa shape index (κ1) is 13.7. The second-order valence-corrected chi connectivity index (χ2v) is 3.99. The number of hydrogen-bond donors (Lipinski definition) is 1. The van der Waals surface area contributed by atoms with Gasteiger partial charge in [0.25, 0.3) is 5.91 Å². The number of hydrogen-bond acceptors (Lipinski definition) is 2. The predicted molar refractivity (Wildman–Crippen MR) is 68.9 cm³/mol. The maximum atomic E-state index is 12.3. The average Bonchev–Trinajstić information content (AvgIpc) is 2.39. The molecule has 0 radical (unpaired) electrons. The van der Waals surface area contributed by atoms with Crippen molar-refractivity contribution in [1.29, 1.82) is 0 Å². The lowest BCUT2D eigenvalue weighted by Gasteiger charge is -2.21. The molecule has 1 amide bonds. The maximum Gasteiger partial charge on any atom is 0.254 e. The van der Waals surface area contributed by atoms with Crippen molar-refractivity contribution in [3.63, 3.8) is 0 Å². The summed E-state index contributed by atoms with van der Waals surface area (Å²) in [6, 6.07) is 7.30. The molecule has 0 aromatic heterocycles. The van der Waals surface area contributed by atoms with E-state index in [1.165, 1.54) is 0 Å². The van der Waals surface area contributed by atoms with E-state index >= 15 is 0 Å². The second kappa shape index (κ2) is 6.40. The standard InChI is InChI=1S/C14H21NO2/c1-4-13(16)11-9-7-8-10-12(11)14(17)15(5-2)6-3/h7-10,13,16H,4-6H2,1-3H3. The molecular formula is C14H21NO2. The van der Waals surface area contributed by atoms with Gasteiger partial charge >= 0.3 is 0 Å². The third kappa shape index (κ3) is 3.07. The normalized spacial score (nSPS) is 12.2. The predicted octanol–water partition coefficient (Wildman–Crippen LogP) is 2.61. The molecule has 1 atom stereocenters. The summed E-state index contributed by atoms with van der Waals surface area (Å²) in [5, 5.41) is 9.92. The number of aliphatic hydroxyl groups excluding tert-OH is 1. The number of aliphatic hydroxyl groups is 1. The molecule has 94 valence electrons. The van der Waals surface area contributed by atoms with Crippen LogP contribution in [0.1, 0.15) is 49.2 Å². The van der Waals surface area contributed by atoms with Crippen molar-refractivity contribution in [3.05, 3.63) is 35.4 Å². The minimum Gasteiger partial charge on any atom is -0.388 e. The number of benzene rings is 1. The SMILES string of the molecule is CCC(O)c1ccccc1C(=O)N(CC)CC. The fraction of sp³-hybridized carbons (Fsp3) is 0.500. The van der Waals surface area contributed by atoms with Crippen molar-refractivity contribution in [1.82, 2.24) is 4.90 Å². The van der Waals surface area contributed by atoms with Crippen molar-refractivity contribution in [2.24, 2.45) is 0 Å². The van der Waals surface area contributed by atoms with Gasteiger partial charge in [-0.2, -0.15) is 0 Å². The van der Waals surface area contributed by atoms with Gasteiger partial charge in [0.05, 0.1) is 6.10 Å². The largest absolute Gasteiger partial charge is 0.388 e. The lowest BCUT2D eigenvalue weighted by molar-refractivity contribution is 0.0765. The lowest BCUT2D eigenvalue weighted by atomic mass is 10.00. The fourth-order valence-corrected chi connectivity index (χ4v) is 1.88. The molecule has 0 spiro atoms. The van der Waals surface area contributed by atoms with Gasteiger partial charge in [-0.15, -0.1) is 0 Å². The van der Waals surface area contributed by atoms with Gasteiger partial charge in [-0.1, -0.05) is 25.1 Å². The number of carbonyl (C=O) groups is 1. The summed E-state index contributed by atoms with van der Waals surface area (Å²) in [7, 11) is 0. The smallest absolute Gasteiger partial charge is 0.254 e. The molecule has 0 saturated heterocycles. The molecule has 1 unspecified atom stereocenters. The summed E-state index contributed by atoms with van der Waals surface area (Å²) in [6.45, 7) is 7.20. The number of carbonyl (C=O) groups excluding carboxylic acids is 1. The van der Waals surface area contributed by atoms with Crippen molar-refractivity contribution in [2.45, 2.75) is 33.3 Å². The molecule has 3 heteroatoms. The fourth-order valence-electron chi connectivity index (χ4n) is 1.88. The minimum absolute atomic E-state index is 0.00176. The van der Waals surface area contributed by atoms with Crippen LogP contribution < -0.4 is 0 Å². The van der Waals surface area contributed by atoms with Gasteiger partial charge in [0.15, 0.2) is 0 Å². The first-order valence-electron chi connectivity index (χ1n) is 6.21. The van der Waals surface area contributed by atoms with Gasteiger partial charge in [-0.3, -0.25) is 4.79 Å². The van der Waals surface area contributed by atoms with Crippen LogP contribution in [0.4, 0.5) is 0 Å². The summed E-state index contributed by atoms with van der Waals surface area (Å²) in [5.41, 5.74) is 1.34. The van der Waals surface area contributed by atoms with E-state index in [9.17, 15) is 9.90 Å². The van der Waals surface area contributed by atoms with Crippen molar-refractivity contribution < 1.29 is 9.90 Å². The Morgan fingerprint density at radius 2 is 1.82 bits per heavy atom. The Balaban J connectivity index is 3.08. The van der Waals surface area contributed by atoms with Gasteiger partial charge < -0.3 is 10.0 Å². The van der Waals surface area contributed by atoms with Gasteiger partial charge in [0, 0.05) is 18.7 Å². The van der Waals surface area contributed by atoms with E-state index in [4.69, 9.17) is 0 Å². The quantitative estimate of drug-likeness (QED) is 0.852. The van der Waals surface area contributed by atoms with Crippen molar-refractivity contribution >= 4 is 5.91 Å². The third-order valence-corrected chi connectivity index (χ3v) is 2.99. The van der Waals surface area contributed by atoms with E-state index in [1.807, 2.05) is 39.0 Å². The molecule has 0 aliphatic carbocycles. The van der Waals surface area contributed by atoms with Gasteiger partial charge in [0.2, 0.25) is 0 Å². The Morgan fingerprint density at radius 3 is 2.35 bits per heavy atom. The summed E-state index contributed by atoms with van der Waals surface area (Å²) in [4.78, 5) is 14.0. The van der Waals surface area contributed by atoms with Crippen LogP contribution in [0.3, 0.4) is 0 Å². The van der Waals surface area contributed by atoms with Gasteiger partial charge in [-0.05, 0) is 31.9 Å². The second-order valence-electron chi connectivity index (χ2n) is 3.99. The Bertz CT molecular complexity index is 372.